The average molecular weight is 333 g/mol. The summed E-state index contributed by atoms with van der Waals surface area (Å²) in [5, 5.41) is 11.5. The van der Waals surface area contributed by atoms with Crippen LogP contribution in [0.4, 0.5) is 0 Å². The Morgan fingerprint density at radius 2 is 1.92 bits per heavy atom. The van der Waals surface area contributed by atoms with E-state index in [0.717, 1.165) is 0 Å². The first-order valence-corrected chi connectivity index (χ1v) is 7.97. The van der Waals surface area contributed by atoms with E-state index in [9.17, 15) is 19.2 Å². The summed E-state index contributed by atoms with van der Waals surface area (Å²) in [6, 6.07) is 2.16. The molecule has 1 aromatic rings. The highest BCUT2D eigenvalue weighted by Gasteiger charge is 2.32. The number of piperidine rings is 1. The standard InChI is InChI=1S/C15H19N5O4/c21-12-3-2-11(17-12)15(24)20-7-5-9(6-8-20)16-14(23)10-1-4-13(22)19-18-10/h1,4,9,11H,2-3,5-8H2,(H,16,23)(H,17,21)(H,19,22). The number of carbonyl (C=O) groups is 3. The van der Waals surface area contributed by atoms with Crippen molar-refractivity contribution in [3.63, 3.8) is 0 Å². The van der Waals surface area contributed by atoms with Crippen molar-refractivity contribution in [1.29, 1.82) is 0 Å². The van der Waals surface area contributed by atoms with Gasteiger partial charge in [0.15, 0.2) is 0 Å². The Balaban J connectivity index is 1.49. The second-order valence-corrected chi connectivity index (χ2v) is 6.04. The zero-order valence-corrected chi connectivity index (χ0v) is 13.1. The van der Waals surface area contributed by atoms with Crippen LogP contribution in [0.3, 0.4) is 0 Å². The van der Waals surface area contributed by atoms with Crippen molar-refractivity contribution in [2.45, 2.75) is 37.8 Å². The zero-order valence-electron chi connectivity index (χ0n) is 13.1. The molecule has 0 saturated carbocycles. The van der Waals surface area contributed by atoms with Crippen LogP contribution >= 0.6 is 0 Å². The molecule has 0 bridgehead atoms. The summed E-state index contributed by atoms with van der Waals surface area (Å²) in [6.45, 7) is 1.07. The van der Waals surface area contributed by atoms with Gasteiger partial charge < -0.3 is 15.5 Å². The number of H-pyrrole nitrogens is 1. The summed E-state index contributed by atoms with van der Waals surface area (Å²) >= 11 is 0. The predicted molar refractivity (Wildman–Crippen MR) is 83.1 cm³/mol. The van der Waals surface area contributed by atoms with E-state index in [0.29, 0.717) is 38.8 Å². The topological polar surface area (TPSA) is 124 Å². The summed E-state index contributed by atoms with van der Waals surface area (Å²) in [4.78, 5) is 48.3. The molecule has 1 aromatic heterocycles. The highest BCUT2D eigenvalue weighted by Crippen LogP contribution is 2.15. The second kappa shape index (κ2) is 6.81. The van der Waals surface area contributed by atoms with Crippen molar-refractivity contribution in [1.82, 2.24) is 25.7 Å². The highest BCUT2D eigenvalue weighted by molar-refractivity contribution is 5.92. The van der Waals surface area contributed by atoms with Crippen LogP contribution in [0, 0.1) is 0 Å². The minimum atomic E-state index is -0.408. The van der Waals surface area contributed by atoms with E-state index in [1.165, 1.54) is 12.1 Å². The molecule has 128 valence electrons. The maximum atomic E-state index is 12.3. The number of rotatable bonds is 3. The van der Waals surface area contributed by atoms with Gasteiger partial charge in [-0.05, 0) is 25.3 Å². The highest BCUT2D eigenvalue weighted by atomic mass is 16.2. The van der Waals surface area contributed by atoms with E-state index in [4.69, 9.17) is 0 Å². The quantitative estimate of drug-likeness (QED) is 0.639. The van der Waals surface area contributed by atoms with Crippen molar-refractivity contribution in [3.8, 4) is 0 Å². The predicted octanol–water partition coefficient (Wildman–Crippen LogP) is -1.23. The number of hydrogen-bond donors (Lipinski definition) is 3. The van der Waals surface area contributed by atoms with Crippen molar-refractivity contribution in [3.05, 3.63) is 28.2 Å². The fourth-order valence-electron chi connectivity index (χ4n) is 2.99. The Bertz CT molecular complexity index is 688. The lowest BCUT2D eigenvalue weighted by Crippen LogP contribution is -2.51. The van der Waals surface area contributed by atoms with Crippen LogP contribution < -0.4 is 16.2 Å². The molecule has 1 atom stereocenters. The van der Waals surface area contributed by atoms with Crippen LogP contribution in [-0.4, -0.2) is 58.0 Å². The first kappa shape index (κ1) is 16.2. The van der Waals surface area contributed by atoms with Gasteiger partial charge in [-0.25, -0.2) is 5.10 Å². The number of hydrogen-bond acceptors (Lipinski definition) is 5. The number of amides is 3. The maximum Gasteiger partial charge on any atom is 0.271 e. The third-order valence-corrected chi connectivity index (χ3v) is 4.35. The Morgan fingerprint density at radius 3 is 2.50 bits per heavy atom. The fourth-order valence-corrected chi connectivity index (χ4v) is 2.99. The number of nitrogens with zero attached hydrogens (tertiary/aromatic N) is 2. The van der Waals surface area contributed by atoms with Gasteiger partial charge in [0, 0.05) is 31.6 Å². The molecule has 1 unspecified atom stereocenters. The number of aromatic nitrogens is 2. The zero-order chi connectivity index (χ0) is 17.1. The Labute approximate surface area is 137 Å². The van der Waals surface area contributed by atoms with E-state index < -0.39 is 6.04 Å². The van der Waals surface area contributed by atoms with Crippen molar-refractivity contribution in [2.24, 2.45) is 0 Å². The Morgan fingerprint density at radius 1 is 1.17 bits per heavy atom. The molecule has 9 heteroatoms. The van der Waals surface area contributed by atoms with E-state index in [2.05, 4.69) is 20.8 Å². The third-order valence-electron chi connectivity index (χ3n) is 4.35. The van der Waals surface area contributed by atoms with Gasteiger partial charge in [0.1, 0.15) is 11.7 Å². The van der Waals surface area contributed by atoms with Crippen LogP contribution in [0.25, 0.3) is 0 Å². The number of nitrogens with one attached hydrogen (secondary N) is 3. The number of carbonyl (C=O) groups excluding carboxylic acids is 3. The molecule has 24 heavy (non-hydrogen) atoms. The maximum absolute atomic E-state index is 12.3. The Hall–Kier alpha value is -2.71. The van der Waals surface area contributed by atoms with E-state index in [1.54, 1.807) is 4.90 Å². The first-order valence-electron chi connectivity index (χ1n) is 7.97. The van der Waals surface area contributed by atoms with Gasteiger partial charge >= 0.3 is 0 Å². The third kappa shape index (κ3) is 3.61. The largest absolute Gasteiger partial charge is 0.348 e. The summed E-state index contributed by atoms with van der Waals surface area (Å²) in [5.41, 5.74) is -0.209. The lowest BCUT2D eigenvalue weighted by molar-refractivity contribution is -0.135. The molecule has 2 fully saturated rings. The Kier molecular flexibility index (Phi) is 4.59. The fraction of sp³-hybridized carbons (Fsp3) is 0.533. The van der Waals surface area contributed by atoms with Crippen LogP contribution in [0.15, 0.2) is 16.9 Å². The number of likely N-dealkylation sites (tertiary alicyclic amines) is 1. The molecule has 3 N–H and O–H groups in total. The molecule has 0 spiro atoms. The molecule has 3 amide bonds. The molecule has 3 rings (SSSR count). The summed E-state index contributed by atoms with van der Waals surface area (Å²) in [6.07, 6.45) is 2.23. The van der Waals surface area contributed by atoms with Crippen molar-refractivity contribution >= 4 is 17.7 Å². The van der Waals surface area contributed by atoms with Gasteiger partial charge in [0.2, 0.25) is 11.8 Å². The average Bonchev–Trinajstić information content (AvgIpc) is 3.02. The second-order valence-electron chi connectivity index (χ2n) is 6.04. The smallest absolute Gasteiger partial charge is 0.271 e. The van der Waals surface area contributed by atoms with E-state index in [1.807, 2.05) is 0 Å². The molecule has 0 aromatic carbocycles. The lowest BCUT2D eigenvalue weighted by Gasteiger charge is -2.33. The van der Waals surface area contributed by atoms with Gasteiger partial charge in [-0.3, -0.25) is 19.2 Å². The summed E-state index contributed by atoms with van der Waals surface area (Å²) in [5.74, 6) is -0.476. The van der Waals surface area contributed by atoms with Crippen LogP contribution in [0.2, 0.25) is 0 Å². The number of aromatic amines is 1. The monoisotopic (exact) mass is 333 g/mol. The molecular weight excluding hydrogens is 314 g/mol. The molecule has 2 aliphatic rings. The lowest BCUT2D eigenvalue weighted by atomic mass is 10.0. The minimum Gasteiger partial charge on any atom is -0.348 e. The van der Waals surface area contributed by atoms with Gasteiger partial charge in [0.25, 0.3) is 11.5 Å². The summed E-state index contributed by atoms with van der Waals surface area (Å²) in [7, 11) is 0. The molecule has 0 radical (unpaired) electrons. The van der Waals surface area contributed by atoms with Gasteiger partial charge in [-0.1, -0.05) is 0 Å². The van der Waals surface area contributed by atoms with Crippen LogP contribution in [0.5, 0.6) is 0 Å². The van der Waals surface area contributed by atoms with Crippen LogP contribution in [0.1, 0.15) is 36.2 Å². The van der Waals surface area contributed by atoms with Gasteiger partial charge in [-0.2, -0.15) is 5.10 Å². The molecule has 2 aliphatic heterocycles. The SMILES string of the molecule is O=C1CCC(C(=O)N2CCC(NC(=O)c3ccc(=O)[nH]n3)CC2)N1. The molecular formula is C15H19N5O4. The van der Waals surface area contributed by atoms with Gasteiger partial charge in [0.05, 0.1) is 0 Å². The molecule has 3 heterocycles. The normalized spacial score (nSPS) is 21.4. The van der Waals surface area contributed by atoms with E-state index in [-0.39, 0.29) is 35.0 Å². The molecule has 0 aliphatic carbocycles. The van der Waals surface area contributed by atoms with Crippen molar-refractivity contribution < 1.29 is 14.4 Å². The van der Waals surface area contributed by atoms with Crippen molar-refractivity contribution in [2.75, 3.05) is 13.1 Å². The van der Waals surface area contributed by atoms with Gasteiger partial charge in [-0.15, -0.1) is 0 Å². The van der Waals surface area contributed by atoms with E-state index >= 15 is 0 Å². The minimum absolute atomic E-state index is 0.0477. The molecule has 2 saturated heterocycles. The molecule has 9 nitrogen and oxygen atoms in total. The first-order chi connectivity index (χ1) is 11.5. The van der Waals surface area contributed by atoms with Crippen LogP contribution in [-0.2, 0) is 9.59 Å². The summed E-state index contributed by atoms with van der Waals surface area (Å²) < 4.78 is 0.